The molecule has 0 spiro atoms. The lowest BCUT2D eigenvalue weighted by atomic mass is 10.0. The molecule has 2 aliphatic rings. The van der Waals surface area contributed by atoms with Gasteiger partial charge in [-0.25, -0.2) is 9.97 Å². The molecular weight excluding hydrogens is 328 g/mol. The molecule has 1 aromatic carbocycles. The summed E-state index contributed by atoms with van der Waals surface area (Å²) in [5.74, 6) is 1.65. The molecule has 0 unspecified atom stereocenters. The van der Waals surface area contributed by atoms with Gasteiger partial charge in [0.05, 0.1) is 18.8 Å². The number of amides is 1. The van der Waals surface area contributed by atoms with Gasteiger partial charge in [0.25, 0.3) is 5.91 Å². The Morgan fingerprint density at radius 1 is 1.31 bits per heavy atom. The van der Waals surface area contributed by atoms with Gasteiger partial charge < -0.3 is 9.64 Å². The lowest BCUT2D eigenvalue weighted by Gasteiger charge is -2.29. The van der Waals surface area contributed by atoms with E-state index in [-0.39, 0.29) is 5.91 Å². The van der Waals surface area contributed by atoms with Gasteiger partial charge in [0.2, 0.25) is 0 Å². The SMILES string of the molecule is COc1cccc(C(=O)N2CCc3nc([C@H]4CCCN4C)ncc3C2)c1. The maximum absolute atomic E-state index is 12.8. The molecule has 6 heteroatoms. The third kappa shape index (κ3) is 3.17. The van der Waals surface area contributed by atoms with Crippen LogP contribution in [-0.4, -0.2) is 52.9 Å². The van der Waals surface area contributed by atoms with E-state index in [0.717, 1.165) is 36.5 Å². The molecule has 4 rings (SSSR count). The van der Waals surface area contributed by atoms with Crippen LogP contribution in [0, 0.1) is 0 Å². The summed E-state index contributed by atoms with van der Waals surface area (Å²) in [5.41, 5.74) is 2.79. The van der Waals surface area contributed by atoms with E-state index in [1.54, 1.807) is 13.2 Å². The fourth-order valence-corrected chi connectivity index (χ4v) is 3.84. The van der Waals surface area contributed by atoms with Gasteiger partial charge in [-0.3, -0.25) is 9.69 Å². The summed E-state index contributed by atoms with van der Waals surface area (Å²) in [4.78, 5) is 26.4. The summed E-state index contributed by atoms with van der Waals surface area (Å²) >= 11 is 0. The molecule has 0 saturated carbocycles. The van der Waals surface area contributed by atoms with Gasteiger partial charge in [0.15, 0.2) is 0 Å². The largest absolute Gasteiger partial charge is 0.497 e. The summed E-state index contributed by atoms with van der Waals surface area (Å²) in [6.45, 7) is 2.35. The Morgan fingerprint density at radius 2 is 2.19 bits per heavy atom. The Balaban J connectivity index is 1.51. The van der Waals surface area contributed by atoms with E-state index in [2.05, 4.69) is 16.9 Å². The van der Waals surface area contributed by atoms with Crippen molar-refractivity contribution in [3.05, 3.63) is 53.1 Å². The Morgan fingerprint density at radius 3 is 2.96 bits per heavy atom. The summed E-state index contributed by atoms with van der Waals surface area (Å²) < 4.78 is 5.22. The number of fused-ring (bicyclic) bond motifs is 1. The number of hydrogen-bond acceptors (Lipinski definition) is 5. The van der Waals surface area contributed by atoms with E-state index in [1.807, 2.05) is 29.3 Å². The van der Waals surface area contributed by atoms with E-state index < -0.39 is 0 Å². The molecule has 1 atom stereocenters. The quantitative estimate of drug-likeness (QED) is 0.849. The zero-order chi connectivity index (χ0) is 18.1. The zero-order valence-corrected chi connectivity index (χ0v) is 15.3. The molecule has 26 heavy (non-hydrogen) atoms. The van der Waals surface area contributed by atoms with E-state index in [4.69, 9.17) is 9.72 Å². The number of methoxy groups -OCH3 is 1. The molecule has 1 fully saturated rings. The monoisotopic (exact) mass is 352 g/mol. The van der Waals surface area contributed by atoms with Crippen LogP contribution in [0.3, 0.4) is 0 Å². The molecule has 1 aromatic heterocycles. The van der Waals surface area contributed by atoms with Gasteiger partial charge in [-0.1, -0.05) is 6.07 Å². The van der Waals surface area contributed by atoms with Crippen molar-refractivity contribution in [1.29, 1.82) is 0 Å². The van der Waals surface area contributed by atoms with Crippen LogP contribution >= 0.6 is 0 Å². The van der Waals surface area contributed by atoms with Crippen LogP contribution < -0.4 is 4.74 Å². The molecule has 3 heterocycles. The predicted molar refractivity (Wildman–Crippen MR) is 98.1 cm³/mol. The zero-order valence-electron chi connectivity index (χ0n) is 15.3. The number of rotatable bonds is 3. The standard InChI is InChI=1S/C20H24N4O2/c1-23-9-4-7-18(23)19-21-12-15-13-24(10-8-17(15)22-19)20(25)14-5-3-6-16(11-14)26-2/h3,5-6,11-12,18H,4,7-10,13H2,1-2H3/t18-/m1/s1. The second kappa shape index (κ2) is 7.03. The van der Waals surface area contributed by atoms with E-state index >= 15 is 0 Å². The fraction of sp³-hybridized carbons (Fsp3) is 0.450. The Labute approximate surface area is 153 Å². The highest BCUT2D eigenvalue weighted by atomic mass is 16.5. The number of carbonyl (C=O) groups excluding carboxylic acids is 1. The minimum absolute atomic E-state index is 0.0224. The first-order valence-electron chi connectivity index (χ1n) is 9.14. The second-order valence-electron chi connectivity index (χ2n) is 7.05. The lowest BCUT2D eigenvalue weighted by molar-refractivity contribution is 0.0732. The molecule has 0 radical (unpaired) electrons. The number of likely N-dealkylation sites (tertiary alicyclic amines) is 1. The van der Waals surface area contributed by atoms with Crippen molar-refractivity contribution in [2.45, 2.75) is 31.8 Å². The van der Waals surface area contributed by atoms with Crippen molar-refractivity contribution < 1.29 is 9.53 Å². The summed E-state index contributed by atoms with van der Waals surface area (Å²) in [5, 5.41) is 0. The smallest absolute Gasteiger partial charge is 0.254 e. The lowest BCUT2D eigenvalue weighted by Crippen LogP contribution is -2.36. The number of nitrogens with zero attached hydrogens (tertiary/aromatic N) is 4. The first-order chi connectivity index (χ1) is 12.7. The van der Waals surface area contributed by atoms with Crippen molar-refractivity contribution in [3.8, 4) is 5.75 Å². The molecule has 0 bridgehead atoms. The third-order valence-electron chi connectivity index (χ3n) is 5.37. The van der Waals surface area contributed by atoms with Gasteiger partial charge >= 0.3 is 0 Å². The van der Waals surface area contributed by atoms with Gasteiger partial charge in [-0.05, 0) is 44.6 Å². The van der Waals surface area contributed by atoms with Crippen molar-refractivity contribution >= 4 is 5.91 Å². The summed E-state index contributed by atoms with van der Waals surface area (Å²) in [6, 6.07) is 7.63. The topological polar surface area (TPSA) is 58.6 Å². The summed E-state index contributed by atoms with van der Waals surface area (Å²) in [6.07, 6.45) is 5.01. The minimum atomic E-state index is 0.0224. The average molecular weight is 352 g/mol. The Hall–Kier alpha value is -2.47. The molecule has 0 N–H and O–H groups in total. The maximum Gasteiger partial charge on any atom is 0.254 e. The van der Waals surface area contributed by atoms with Crippen molar-refractivity contribution in [2.75, 3.05) is 27.2 Å². The van der Waals surface area contributed by atoms with Crippen LogP contribution in [-0.2, 0) is 13.0 Å². The Kier molecular flexibility index (Phi) is 4.59. The van der Waals surface area contributed by atoms with Crippen molar-refractivity contribution in [2.24, 2.45) is 0 Å². The van der Waals surface area contributed by atoms with Crippen molar-refractivity contribution in [1.82, 2.24) is 19.8 Å². The molecular formula is C20H24N4O2. The van der Waals surface area contributed by atoms with Gasteiger partial charge in [-0.2, -0.15) is 0 Å². The molecule has 1 amide bonds. The molecule has 0 aliphatic carbocycles. The number of ether oxygens (including phenoxy) is 1. The Bertz CT molecular complexity index is 823. The first kappa shape index (κ1) is 17.0. The molecule has 2 aliphatic heterocycles. The average Bonchev–Trinajstić information content (AvgIpc) is 3.12. The number of hydrogen-bond donors (Lipinski definition) is 0. The third-order valence-corrected chi connectivity index (χ3v) is 5.37. The van der Waals surface area contributed by atoms with Crippen LogP contribution in [0.25, 0.3) is 0 Å². The number of carbonyl (C=O) groups is 1. The van der Waals surface area contributed by atoms with Gasteiger partial charge in [-0.15, -0.1) is 0 Å². The molecule has 6 nitrogen and oxygen atoms in total. The first-order valence-corrected chi connectivity index (χ1v) is 9.14. The number of aromatic nitrogens is 2. The van der Waals surface area contributed by atoms with Crippen LogP contribution in [0.4, 0.5) is 0 Å². The highest BCUT2D eigenvalue weighted by molar-refractivity contribution is 5.94. The van der Waals surface area contributed by atoms with Crippen LogP contribution in [0.15, 0.2) is 30.5 Å². The van der Waals surface area contributed by atoms with E-state index in [0.29, 0.717) is 30.4 Å². The van der Waals surface area contributed by atoms with Crippen LogP contribution in [0.2, 0.25) is 0 Å². The molecule has 2 aromatic rings. The molecule has 1 saturated heterocycles. The van der Waals surface area contributed by atoms with Crippen LogP contribution in [0.1, 0.15) is 46.3 Å². The normalized spacial score (nSPS) is 20.1. The second-order valence-corrected chi connectivity index (χ2v) is 7.05. The fourth-order valence-electron chi connectivity index (χ4n) is 3.84. The highest BCUT2D eigenvalue weighted by Gasteiger charge is 2.28. The predicted octanol–water partition coefficient (Wildman–Crippen LogP) is 2.45. The van der Waals surface area contributed by atoms with Crippen LogP contribution in [0.5, 0.6) is 5.75 Å². The van der Waals surface area contributed by atoms with Gasteiger partial charge in [0.1, 0.15) is 11.6 Å². The highest BCUT2D eigenvalue weighted by Crippen LogP contribution is 2.29. The van der Waals surface area contributed by atoms with Gasteiger partial charge in [0, 0.05) is 36.8 Å². The van der Waals surface area contributed by atoms with E-state index in [1.165, 1.54) is 6.42 Å². The van der Waals surface area contributed by atoms with Crippen molar-refractivity contribution in [3.63, 3.8) is 0 Å². The summed E-state index contributed by atoms with van der Waals surface area (Å²) in [7, 11) is 3.74. The minimum Gasteiger partial charge on any atom is -0.497 e. The number of benzene rings is 1. The molecule has 136 valence electrons. The maximum atomic E-state index is 12.8. The van der Waals surface area contributed by atoms with E-state index in [9.17, 15) is 4.79 Å².